The van der Waals surface area contributed by atoms with Gasteiger partial charge in [-0.2, -0.15) is 10.1 Å². The van der Waals surface area contributed by atoms with E-state index in [1.807, 2.05) is 0 Å². The average molecular weight is 427 g/mol. The van der Waals surface area contributed by atoms with E-state index in [4.69, 9.17) is 16.1 Å². The fourth-order valence-electron chi connectivity index (χ4n) is 3.53. The summed E-state index contributed by atoms with van der Waals surface area (Å²) in [7, 11) is 0. The van der Waals surface area contributed by atoms with Crippen LogP contribution < -0.4 is 5.43 Å². The van der Waals surface area contributed by atoms with Crippen molar-refractivity contribution in [2.45, 2.75) is 25.0 Å². The first-order chi connectivity index (χ1) is 14.6. The number of halogens is 2. The van der Waals surface area contributed by atoms with Crippen LogP contribution >= 0.6 is 11.6 Å². The number of hydrogen-bond donors (Lipinski definition) is 1. The number of carbonyl (C=O) groups is 1. The Balaban J connectivity index is 1.28. The molecule has 30 heavy (non-hydrogen) atoms. The van der Waals surface area contributed by atoms with Crippen molar-refractivity contribution in [3.63, 3.8) is 0 Å². The van der Waals surface area contributed by atoms with Gasteiger partial charge in [-0.25, -0.2) is 14.8 Å². The molecule has 8 nitrogen and oxygen atoms in total. The van der Waals surface area contributed by atoms with Gasteiger partial charge in [0.2, 0.25) is 11.7 Å². The maximum Gasteiger partial charge on any atom is 0.267 e. The van der Waals surface area contributed by atoms with E-state index in [1.54, 1.807) is 47.7 Å². The van der Waals surface area contributed by atoms with E-state index >= 15 is 0 Å². The van der Waals surface area contributed by atoms with Crippen molar-refractivity contribution in [1.29, 1.82) is 0 Å². The highest BCUT2D eigenvalue weighted by Crippen LogP contribution is 2.30. The van der Waals surface area contributed by atoms with Gasteiger partial charge in [0.15, 0.2) is 0 Å². The maximum absolute atomic E-state index is 13.2. The molecule has 2 aliphatic rings. The van der Waals surface area contributed by atoms with E-state index < -0.39 is 6.04 Å². The van der Waals surface area contributed by atoms with Crippen molar-refractivity contribution in [1.82, 2.24) is 25.6 Å². The third-order valence-electron chi connectivity index (χ3n) is 5.08. The molecule has 1 fully saturated rings. The largest absolute Gasteiger partial charge is 0.337 e. The minimum Gasteiger partial charge on any atom is -0.337 e. The fourth-order valence-corrected chi connectivity index (χ4v) is 3.65. The van der Waals surface area contributed by atoms with Crippen LogP contribution in [0.4, 0.5) is 4.39 Å². The Morgan fingerprint density at radius 1 is 1.17 bits per heavy atom. The van der Waals surface area contributed by atoms with E-state index in [0.29, 0.717) is 17.3 Å². The SMILES string of the molecule is O=C1C2CC(c3ccc(F)cc3)NN2C=NN1Cc1nc(-c2ccc(Cl)cc2)no1. The van der Waals surface area contributed by atoms with Crippen LogP contribution in [0.3, 0.4) is 0 Å². The van der Waals surface area contributed by atoms with E-state index in [0.717, 1.165) is 11.1 Å². The third kappa shape index (κ3) is 3.53. The molecule has 0 saturated carbocycles. The smallest absolute Gasteiger partial charge is 0.267 e. The molecule has 1 amide bonds. The van der Waals surface area contributed by atoms with Crippen molar-refractivity contribution < 1.29 is 13.7 Å². The number of amides is 1. The zero-order valence-corrected chi connectivity index (χ0v) is 16.3. The number of hydrogen-bond acceptors (Lipinski definition) is 7. The molecule has 2 aliphatic heterocycles. The number of nitrogens with one attached hydrogen (secondary N) is 1. The van der Waals surface area contributed by atoms with E-state index in [1.165, 1.54) is 17.1 Å². The maximum atomic E-state index is 13.2. The lowest BCUT2D eigenvalue weighted by Crippen LogP contribution is -2.50. The number of nitrogens with zero attached hydrogens (tertiary/aromatic N) is 5. The van der Waals surface area contributed by atoms with Crippen LogP contribution in [-0.2, 0) is 11.3 Å². The van der Waals surface area contributed by atoms with Gasteiger partial charge in [0.1, 0.15) is 24.7 Å². The second-order valence-corrected chi connectivity index (χ2v) is 7.47. The normalized spacial score (nSPS) is 20.7. The molecule has 2 aromatic carbocycles. The molecule has 10 heteroatoms. The predicted octanol–water partition coefficient (Wildman–Crippen LogP) is 3.13. The van der Waals surface area contributed by atoms with Crippen LogP contribution in [0.1, 0.15) is 23.9 Å². The quantitative estimate of drug-likeness (QED) is 0.689. The van der Waals surface area contributed by atoms with E-state index in [2.05, 4.69) is 20.7 Å². The number of fused-ring (bicyclic) bond motifs is 1. The molecule has 0 radical (unpaired) electrons. The van der Waals surface area contributed by atoms with Gasteiger partial charge in [0, 0.05) is 10.6 Å². The lowest BCUT2D eigenvalue weighted by Gasteiger charge is -2.29. The van der Waals surface area contributed by atoms with Crippen LogP contribution in [0.2, 0.25) is 5.02 Å². The molecular formula is C20H16ClFN6O2. The first-order valence-corrected chi connectivity index (χ1v) is 9.68. The second-order valence-electron chi connectivity index (χ2n) is 7.04. The lowest BCUT2D eigenvalue weighted by molar-refractivity contribution is -0.137. The van der Waals surface area contributed by atoms with Crippen molar-refractivity contribution in [3.8, 4) is 11.4 Å². The van der Waals surface area contributed by atoms with Gasteiger partial charge in [-0.15, -0.1) is 0 Å². The molecule has 2 atom stereocenters. The molecule has 3 heterocycles. The topological polar surface area (TPSA) is 86.9 Å². The highest BCUT2D eigenvalue weighted by atomic mass is 35.5. The van der Waals surface area contributed by atoms with Crippen molar-refractivity contribution in [2.24, 2.45) is 5.10 Å². The minimum absolute atomic E-state index is 0.0709. The van der Waals surface area contributed by atoms with Gasteiger partial charge >= 0.3 is 0 Å². The number of benzene rings is 2. The van der Waals surface area contributed by atoms with Crippen molar-refractivity contribution >= 4 is 23.8 Å². The Bertz CT molecular complexity index is 1100. The van der Waals surface area contributed by atoms with Gasteiger partial charge in [0.05, 0.1) is 6.04 Å². The first-order valence-electron chi connectivity index (χ1n) is 9.31. The standard InChI is InChI=1S/C20H16ClFN6O2/c21-14-5-1-13(2-6-14)19-24-18(30-26-19)10-27-20(29)17-9-16(25-28(17)11-23-27)12-3-7-15(22)8-4-12/h1-8,11,16-17,25H,9-10H2. The summed E-state index contributed by atoms with van der Waals surface area (Å²) in [6, 6.07) is 12.8. The number of carbonyl (C=O) groups excluding carboxylic acids is 1. The molecule has 5 rings (SSSR count). The molecule has 1 N–H and O–H groups in total. The Labute approximate surface area is 175 Å². The molecule has 152 valence electrons. The summed E-state index contributed by atoms with van der Waals surface area (Å²) in [4.78, 5) is 17.3. The van der Waals surface area contributed by atoms with Gasteiger partial charge in [0.25, 0.3) is 5.91 Å². The summed E-state index contributed by atoms with van der Waals surface area (Å²) in [5.74, 6) is 0.215. The van der Waals surface area contributed by atoms with Gasteiger partial charge in [-0.3, -0.25) is 9.80 Å². The Hall–Kier alpha value is -3.30. The van der Waals surface area contributed by atoms with Gasteiger partial charge in [-0.1, -0.05) is 28.9 Å². The summed E-state index contributed by atoms with van der Waals surface area (Å²) in [6.07, 6.45) is 2.10. The van der Waals surface area contributed by atoms with Crippen LogP contribution in [0.15, 0.2) is 58.2 Å². The molecular weight excluding hydrogens is 411 g/mol. The molecule has 3 aromatic rings. The van der Waals surface area contributed by atoms with Crippen LogP contribution in [0.25, 0.3) is 11.4 Å². The zero-order chi connectivity index (χ0) is 20.7. The molecule has 2 unspecified atom stereocenters. The Kier molecular flexibility index (Phi) is 4.68. The average Bonchev–Trinajstić information content (AvgIpc) is 3.39. The molecule has 1 aromatic heterocycles. The van der Waals surface area contributed by atoms with Crippen LogP contribution in [0, 0.1) is 5.82 Å². The molecule has 0 spiro atoms. The van der Waals surface area contributed by atoms with Crippen LogP contribution in [-0.4, -0.2) is 38.4 Å². The summed E-state index contributed by atoms with van der Waals surface area (Å²) in [5.41, 5.74) is 4.89. The fraction of sp³-hybridized carbons (Fsp3) is 0.200. The number of aromatic nitrogens is 2. The third-order valence-corrected chi connectivity index (χ3v) is 5.33. The predicted molar refractivity (Wildman–Crippen MR) is 106 cm³/mol. The molecule has 1 saturated heterocycles. The van der Waals surface area contributed by atoms with Gasteiger partial charge in [-0.05, 0) is 48.4 Å². The van der Waals surface area contributed by atoms with Crippen LogP contribution in [0.5, 0.6) is 0 Å². The summed E-state index contributed by atoms with van der Waals surface area (Å²) in [6.45, 7) is 0.0709. The Morgan fingerprint density at radius 3 is 2.70 bits per heavy atom. The zero-order valence-electron chi connectivity index (χ0n) is 15.6. The number of hydrazine groups is 1. The monoisotopic (exact) mass is 426 g/mol. The minimum atomic E-state index is -0.420. The van der Waals surface area contributed by atoms with E-state index in [-0.39, 0.29) is 30.2 Å². The lowest BCUT2D eigenvalue weighted by atomic mass is 10.0. The number of hydrazone groups is 1. The van der Waals surface area contributed by atoms with Crippen molar-refractivity contribution in [3.05, 3.63) is 70.8 Å². The molecule has 0 bridgehead atoms. The highest BCUT2D eigenvalue weighted by molar-refractivity contribution is 6.30. The highest BCUT2D eigenvalue weighted by Gasteiger charge is 2.41. The van der Waals surface area contributed by atoms with Gasteiger partial charge < -0.3 is 4.52 Å². The summed E-state index contributed by atoms with van der Waals surface area (Å²) >= 11 is 5.90. The first kappa shape index (κ1) is 18.7. The summed E-state index contributed by atoms with van der Waals surface area (Å²) in [5, 5.41) is 11.8. The van der Waals surface area contributed by atoms with Crippen molar-refractivity contribution in [2.75, 3.05) is 0 Å². The Morgan fingerprint density at radius 2 is 1.93 bits per heavy atom. The molecule has 0 aliphatic carbocycles. The number of rotatable bonds is 4. The second kappa shape index (κ2) is 7.51. The summed E-state index contributed by atoms with van der Waals surface area (Å²) < 4.78 is 18.5. The van der Waals surface area contributed by atoms with E-state index in [9.17, 15) is 9.18 Å².